The molecule has 0 radical (unpaired) electrons. The molecular weight excluding hydrogens is 484 g/mol. The van der Waals surface area contributed by atoms with Crippen molar-refractivity contribution in [3.8, 4) is 0 Å². The van der Waals surface area contributed by atoms with E-state index in [2.05, 4.69) is 15.1 Å². The topological polar surface area (TPSA) is 83.5 Å². The van der Waals surface area contributed by atoms with Gasteiger partial charge in [0.1, 0.15) is 5.54 Å². The molecule has 0 spiro atoms. The first-order valence-electron chi connectivity index (χ1n) is 11.3. The van der Waals surface area contributed by atoms with Crippen LogP contribution in [-0.2, 0) is 21.6 Å². The molecule has 6 nitrogen and oxygen atoms in total. The number of carboxylic acid groups (broad SMARTS) is 1. The number of aromatic nitrogens is 1. The standard InChI is InChI=1S/C27H25F2N3O3S/c1-2-21-22(23(24(33)34)32-35-25(28)29)30-26(36-21)31-27(18-12-6-3-7-13-18,19-14-8-4-9-15-19)20-16-10-5-11-17-20/h3-17,23,25,32H,2H2,1H3,(H,30,31)(H,33,34). The molecule has 0 fully saturated rings. The molecule has 4 aromatic rings. The van der Waals surface area contributed by atoms with Crippen LogP contribution in [0.1, 0.15) is 40.2 Å². The molecule has 4 rings (SSSR count). The molecule has 0 saturated carbocycles. The Hall–Kier alpha value is -3.66. The number of alkyl halides is 2. The van der Waals surface area contributed by atoms with Gasteiger partial charge in [-0.05, 0) is 23.1 Å². The predicted molar refractivity (Wildman–Crippen MR) is 135 cm³/mol. The van der Waals surface area contributed by atoms with Crippen molar-refractivity contribution in [1.82, 2.24) is 10.5 Å². The van der Waals surface area contributed by atoms with Crippen LogP contribution >= 0.6 is 11.3 Å². The molecule has 0 bridgehead atoms. The minimum atomic E-state index is -3.17. The lowest BCUT2D eigenvalue weighted by molar-refractivity contribution is -0.189. The molecule has 1 unspecified atom stereocenters. The van der Waals surface area contributed by atoms with Crippen molar-refractivity contribution in [2.45, 2.75) is 31.5 Å². The Morgan fingerprint density at radius 1 is 0.944 bits per heavy atom. The zero-order valence-corrected chi connectivity index (χ0v) is 20.2. The first-order valence-corrected chi connectivity index (χ1v) is 12.1. The number of hydrogen-bond acceptors (Lipinski definition) is 6. The van der Waals surface area contributed by atoms with E-state index in [1.54, 1.807) is 0 Å². The Bertz CT molecular complexity index is 1170. The number of benzene rings is 3. The lowest BCUT2D eigenvalue weighted by atomic mass is 9.77. The lowest BCUT2D eigenvalue weighted by Crippen LogP contribution is -2.38. The fourth-order valence-electron chi connectivity index (χ4n) is 4.18. The van der Waals surface area contributed by atoms with E-state index in [1.807, 2.05) is 103 Å². The largest absolute Gasteiger partial charge is 0.480 e. The van der Waals surface area contributed by atoms with Crippen LogP contribution in [0.15, 0.2) is 91.0 Å². The molecule has 1 atom stereocenters. The molecule has 3 aromatic carbocycles. The predicted octanol–water partition coefficient (Wildman–Crippen LogP) is 5.98. The molecule has 0 saturated heterocycles. The number of nitrogens with one attached hydrogen (secondary N) is 2. The summed E-state index contributed by atoms with van der Waals surface area (Å²) in [6.45, 7) is -1.32. The van der Waals surface area contributed by atoms with Crippen molar-refractivity contribution >= 4 is 22.4 Å². The SMILES string of the molecule is CCc1sc(NC(c2ccccc2)(c2ccccc2)c2ccccc2)nc1C(NOC(F)F)C(=O)O. The maximum Gasteiger partial charge on any atom is 0.360 e. The first kappa shape index (κ1) is 25.4. The number of carboxylic acids is 1. The van der Waals surface area contributed by atoms with Gasteiger partial charge >= 0.3 is 12.6 Å². The average Bonchev–Trinajstić information content (AvgIpc) is 3.31. The third-order valence-electron chi connectivity index (χ3n) is 5.76. The minimum absolute atomic E-state index is 0.126. The summed E-state index contributed by atoms with van der Waals surface area (Å²) in [5, 5.41) is 13.7. The fourth-order valence-corrected chi connectivity index (χ4v) is 5.17. The highest BCUT2D eigenvalue weighted by molar-refractivity contribution is 7.15. The molecule has 9 heteroatoms. The number of hydrogen-bond donors (Lipinski definition) is 3. The van der Waals surface area contributed by atoms with Crippen LogP contribution < -0.4 is 10.8 Å². The monoisotopic (exact) mass is 509 g/mol. The minimum Gasteiger partial charge on any atom is -0.480 e. The second-order valence-corrected chi connectivity index (χ2v) is 9.01. The third-order valence-corrected chi connectivity index (χ3v) is 6.89. The Balaban J connectivity index is 1.88. The summed E-state index contributed by atoms with van der Waals surface area (Å²) < 4.78 is 25.3. The van der Waals surface area contributed by atoms with E-state index in [4.69, 9.17) is 0 Å². The first-order chi connectivity index (χ1) is 17.5. The zero-order chi connectivity index (χ0) is 25.5. The van der Waals surface area contributed by atoms with Gasteiger partial charge in [0.25, 0.3) is 0 Å². The lowest BCUT2D eigenvalue weighted by Gasteiger charge is -2.36. The van der Waals surface area contributed by atoms with E-state index < -0.39 is 24.2 Å². The van der Waals surface area contributed by atoms with Gasteiger partial charge in [-0.3, -0.25) is 4.79 Å². The number of hydroxylamine groups is 1. The van der Waals surface area contributed by atoms with Gasteiger partial charge in [0.05, 0.1) is 5.69 Å². The van der Waals surface area contributed by atoms with Gasteiger partial charge in [-0.1, -0.05) is 97.9 Å². The Labute approximate surface area is 211 Å². The number of nitrogens with zero attached hydrogens (tertiary/aromatic N) is 1. The van der Waals surface area contributed by atoms with E-state index in [9.17, 15) is 18.7 Å². The quantitative estimate of drug-likeness (QED) is 0.170. The molecular formula is C27H25F2N3O3S. The number of anilines is 1. The fraction of sp³-hybridized carbons (Fsp3) is 0.185. The van der Waals surface area contributed by atoms with Crippen molar-refractivity contribution in [2.75, 3.05) is 5.32 Å². The van der Waals surface area contributed by atoms with E-state index in [0.717, 1.165) is 16.7 Å². The Kier molecular flexibility index (Phi) is 8.04. The van der Waals surface area contributed by atoms with Crippen LogP contribution in [0.3, 0.4) is 0 Å². The van der Waals surface area contributed by atoms with E-state index in [1.165, 1.54) is 11.3 Å². The highest BCUT2D eigenvalue weighted by Crippen LogP contribution is 2.41. The molecule has 3 N–H and O–H groups in total. The molecule has 0 aliphatic rings. The maximum atomic E-state index is 12.6. The van der Waals surface area contributed by atoms with Gasteiger partial charge in [0.15, 0.2) is 11.2 Å². The second kappa shape index (κ2) is 11.4. The average molecular weight is 510 g/mol. The summed E-state index contributed by atoms with van der Waals surface area (Å²) in [4.78, 5) is 21.2. The van der Waals surface area contributed by atoms with E-state index >= 15 is 0 Å². The van der Waals surface area contributed by atoms with Crippen molar-refractivity contribution in [2.24, 2.45) is 0 Å². The number of aliphatic carboxylic acids is 1. The van der Waals surface area contributed by atoms with Gasteiger partial charge in [-0.15, -0.1) is 11.3 Å². The summed E-state index contributed by atoms with van der Waals surface area (Å²) >= 11 is 1.28. The van der Waals surface area contributed by atoms with E-state index in [0.29, 0.717) is 16.4 Å². The normalized spacial score (nSPS) is 12.4. The van der Waals surface area contributed by atoms with Gasteiger partial charge in [0, 0.05) is 4.88 Å². The zero-order valence-electron chi connectivity index (χ0n) is 19.4. The van der Waals surface area contributed by atoms with Crippen molar-refractivity contribution in [3.05, 3.63) is 118 Å². The van der Waals surface area contributed by atoms with Crippen LogP contribution in [0.2, 0.25) is 0 Å². The van der Waals surface area contributed by atoms with Crippen LogP contribution in [0.4, 0.5) is 13.9 Å². The highest BCUT2D eigenvalue weighted by atomic mass is 32.1. The maximum absolute atomic E-state index is 12.6. The second-order valence-electron chi connectivity index (χ2n) is 7.92. The van der Waals surface area contributed by atoms with E-state index in [-0.39, 0.29) is 5.69 Å². The van der Waals surface area contributed by atoms with Crippen molar-refractivity contribution < 1.29 is 23.5 Å². The summed E-state index contributed by atoms with van der Waals surface area (Å²) in [6, 6.07) is 28.1. The molecule has 186 valence electrons. The van der Waals surface area contributed by atoms with Gasteiger partial charge in [-0.2, -0.15) is 14.3 Å². The van der Waals surface area contributed by atoms with Crippen molar-refractivity contribution in [1.29, 1.82) is 0 Å². The number of halogens is 2. The van der Waals surface area contributed by atoms with Crippen LogP contribution in [0, 0.1) is 0 Å². The van der Waals surface area contributed by atoms with Crippen LogP contribution in [0.5, 0.6) is 0 Å². The third kappa shape index (κ3) is 5.28. The molecule has 0 aliphatic carbocycles. The summed E-state index contributed by atoms with van der Waals surface area (Å²) in [5.74, 6) is -1.37. The molecule has 1 aromatic heterocycles. The smallest absolute Gasteiger partial charge is 0.360 e. The van der Waals surface area contributed by atoms with Gasteiger partial charge in [-0.25, -0.2) is 9.82 Å². The van der Waals surface area contributed by atoms with Gasteiger partial charge < -0.3 is 10.4 Å². The number of rotatable bonds is 11. The van der Waals surface area contributed by atoms with Crippen molar-refractivity contribution in [3.63, 3.8) is 0 Å². The van der Waals surface area contributed by atoms with Crippen LogP contribution in [-0.4, -0.2) is 22.7 Å². The Morgan fingerprint density at radius 2 is 1.42 bits per heavy atom. The van der Waals surface area contributed by atoms with Crippen LogP contribution in [0.25, 0.3) is 0 Å². The highest BCUT2D eigenvalue weighted by Gasteiger charge is 2.38. The molecule has 1 heterocycles. The molecule has 0 aliphatic heterocycles. The summed E-state index contributed by atoms with van der Waals surface area (Å²) in [6.07, 6.45) is 0.462. The Morgan fingerprint density at radius 3 is 1.81 bits per heavy atom. The number of carbonyl (C=O) groups is 1. The van der Waals surface area contributed by atoms with Gasteiger partial charge in [0.2, 0.25) is 0 Å². The number of aryl methyl sites for hydroxylation is 1. The molecule has 36 heavy (non-hydrogen) atoms. The molecule has 0 amide bonds. The summed E-state index contributed by atoms with van der Waals surface area (Å²) in [5.41, 5.74) is 4.06. The number of thiazole rings is 1. The summed E-state index contributed by atoms with van der Waals surface area (Å²) in [7, 11) is 0.